The molecule has 1 fully saturated rings. The minimum atomic E-state index is 0.369. The Morgan fingerprint density at radius 2 is 2.00 bits per heavy atom. The highest BCUT2D eigenvalue weighted by Crippen LogP contribution is 2.29. The summed E-state index contributed by atoms with van der Waals surface area (Å²) in [5.41, 5.74) is 0. The summed E-state index contributed by atoms with van der Waals surface area (Å²) in [5.74, 6) is 0. The Hall–Kier alpha value is 0.640. The maximum atomic E-state index is 5.62. The van der Waals surface area contributed by atoms with E-state index >= 15 is 0 Å². The van der Waals surface area contributed by atoms with E-state index in [0.29, 0.717) is 10.6 Å². The van der Waals surface area contributed by atoms with Crippen molar-refractivity contribution in [3.8, 4) is 0 Å². The third kappa shape index (κ3) is 0.662. The van der Waals surface area contributed by atoms with Crippen LogP contribution in [0, 0.1) is 0 Å². The average molecular weight is 123 g/mol. The molecule has 0 aromatic rings. The van der Waals surface area contributed by atoms with Crippen LogP contribution < -0.4 is 0 Å². The van der Waals surface area contributed by atoms with Gasteiger partial charge in [-0.2, -0.15) is 12.6 Å². The minimum absolute atomic E-state index is 0.369. The van der Waals surface area contributed by atoms with Gasteiger partial charge in [0.05, 0.1) is 0 Å². The van der Waals surface area contributed by atoms with Gasteiger partial charge in [0.25, 0.3) is 0 Å². The van der Waals surface area contributed by atoms with E-state index in [4.69, 9.17) is 11.6 Å². The van der Waals surface area contributed by atoms with Crippen molar-refractivity contribution >= 4 is 24.2 Å². The Kier molecular flexibility index (Phi) is 1.30. The van der Waals surface area contributed by atoms with Crippen LogP contribution in [0.5, 0.6) is 0 Å². The molecule has 1 aliphatic rings. The van der Waals surface area contributed by atoms with Crippen molar-refractivity contribution in [3.63, 3.8) is 0 Å². The monoisotopic (exact) mass is 122 g/mol. The van der Waals surface area contributed by atoms with E-state index in [-0.39, 0.29) is 0 Å². The van der Waals surface area contributed by atoms with Crippen LogP contribution >= 0.6 is 24.2 Å². The lowest BCUT2D eigenvalue weighted by Gasteiger charge is -2.26. The van der Waals surface area contributed by atoms with Gasteiger partial charge in [-0.25, -0.2) is 0 Å². The highest BCUT2D eigenvalue weighted by atomic mass is 35.5. The number of rotatable bonds is 0. The Morgan fingerprint density at radius 1 is 1.50 bits per heavy atom. The molecule has 0 aliphatic heterocycles. The van der Waals surface area contributed by atoms with Crippen LogP contribution in [0.3, 0.4) is 0 Å². The topological polar surface area (TPSA) is 0 Å². The fourth-order valence-corrected chi connectivity index (χ4v) is 0.992. The van der Waals surface area contributed by atoms with E-state index in [9.17, 15) is 0 Å². The van der Waals surface area contributed by atoms with E-state index in [1.165, 1.54) is 6.42 Å². The molecule has 6 heavy (non-hydrogen) atoms. The summed E-state index contributed by atoms with van der Waals surface area (Å²) in [6.45, 7) is 0. The number of hydrogen-bond donors (Lipinski definition) is 1. The van der Waals surface area contributed by atoms with Crippen LogP contribution in [-0.4, -0.2) is 10.6 Å². The van der Waals surface area contributed by atoms with Gasteiger partial charge in [-0.15, -0.1) is 11.6 Å². The second-order valence-corrected chi connectivity index (χ2v) is 2.88. The highest BCUT2D eigenvalue weighted by Gasteiger charge is 2.24. The van der Waals surface area contributed by atoms with Gasteiger partial charge < -0.3 is 0 Å². The Labute approximate surface area is 48.3 Å². The summed E-state index contributed by atoms with van der Waals surface area (Å²) in [6, 6.07) is 0. The van der Waals surface area contributed by atoms with Crippen LogP contribution in [0.1, 0.15) is 12.8 Å². The van der Waals surface area contributed by atoms with Crippen LogP contribution in [0.4, 0.5) is 0 Å². The Bertz CT molecular complexity index is 47.5. The van der Waals surface area contributed by atoms with Gasteiger partial charge in [-0.3, -0.25) is 0 Å². The van der Waals surface area contributed by atoms with E-state index in [0.717, 1.165) is 6.42 Å². The molecular weight excluding hydrogens is 116 g/mol. The first-order chi connectivity index (χ1) is 2.80. The molecule has 0 saturated heterocycles. The summed E-state index contributed by atoms with van der Waals surface area (Å²) in [4.78, 5) is 0. The van der Waals surface area contributed by atoms with Gasteiger partial charge in [0, 0.05) is 10.6 Å². The number of hydrogen-bond acceptors (Lipinski definition) is 1. The Balaban J connectivity index is 2.20. The molecule has 0 aromatic heterocycles. The summed E-state index contributed by atoms with van der Waals surface area (Å²) in [5, 5.41) is 0.861. The molecule has 0 heterocycles. The SMILES string of the molecule is S[C@H]1CCC1Cl. The molecular formula is C4H7ClS. The third-order valence-electron chi connectivity index (χ3n) is 1.16. The molecule has 0 spiro atoms. The summed E-state index contributed by atoms with van der Waals surface area (Å²) < 4.78 is 0. The quantitative estimate of drug-likeness (QED) is 0.367. The molecule has 1 unspecified atom stereocenters. The molecule has 0 N–H and O–H groups in total. The standard InChI is InChI=1S/C4H7ClS/c5-3-1-2-4(3)6/h3-4,6H,1-2H2/t3?,4-/m0/s1. The van der Waals surface area contributed by atoms with Crippen molar-refractivity contribution < 1.29 is 0 Å². The predicted octanol–water partition coefficient (Wildman–Crippen LogP) is 1.69. The smallest absolute Gasteiger partial charge is 0.0452 e. The minimum Gasteiger partial charge on any atom is -0.174 e. The summed E-state index contributed by atoms with van der Waals surface area (Å²) in [6.07, 6.45) is 2.37. The zero-order valence-corrected chi connectivity index (χ0v) is 5.04. The van der Waals surface area contributed by atoms with Gasteiger partial charge in [-0.05, 0) is 12.8 Å². The molecule has 0 amide bonds. The van der Waals surface area contributed by atoms with Gasteiger partial charge in [-0.1, -0.05) is 0 Å². The van der Waals surface area contributed by atoms with Crippen molar-refractivity contribution in [3.05, 3.63) is 0 Å². The van der Waals surface area contributed by atoms with Crippen molar-refractivity contribution in [2.24, 2.45) is 0 Å². The first-order valence-electron chi connectivity index (χ1n) is 2.13. The van der Waals surface area contributed by atoms with E-state index in [2.05, 4.69) is 12.6 Å². The van der Waals surface area contributed by atoms with Gasteiger partial charge in [0.2, 0.25) is 0 Å². The second kappa shape index (κ2) is 1.63. The zero-order valence-electron chi connectivity index (χ0n) is 3.39. The number of alkyl halides is 1. The zero-order chi connectivity index (χ0) is 4.57. The van der Waals surface area contributed by atoms with Crippen LogP contribution in [0.15, 0.2) is 0 Å². The lowest BCUT2D eigenvalue weighted by atomic mass is 9.99. The highest BCUT2D eigenvalue weighted by molar-refractivity contribution is 7.81. The molecule has 0 radical (unpaired) electrons. The predicted molar refractivity (Wildman–Crippen MR) is 31.6 cm³/mol. The summed E-state index contributed by atoms with van der Waals surface area (Å²) in [7, 11) is 0. The van der Waals surface area contributed by atoms with Gasteiger partial charge in [0.15, 0.2) is 0 Å². The average Bonchev–Trinajstić information content (AvgIpc) is 1.61. The van der Waals surface area contributed by atoms with Gasteiger partial charge in [0.1, 0.15) is 0 Å². The maximum absolute atomic E-state index is 5.62. The van der Waals surface area contributed by atoms with E-state index in [1.807, 2.05) is 0 Å². The van der Waals surface area contributed by atoms with Crippen LogP contribution in [0.2, 0.25) is 0 Å². The lowest BCUT2D eigenvalue weighted by Crippen LogP contribution is -2.26. The van der Waals surface area contributed by atoms with Crippen molar-refractivity contribution in [2.75, 3.05) is 0 Å². The van der Waals surface area contributed by atoms with Crippen molar-refractivity contribution in [1.29, 1.82) is 0 Å². The molecule has 1 saturated carbocycles. The third-order valence-corrected chi connectivity index (χ3v) is 2.47. The second-order valence-electron chi connectivity index (χ2n) is 1.66. The molecule has 1 aliphatic carbocycles. The van der Waals surface area contributed by atoms with Crippen LogP contribution in [0.25, 0.3) is 0 Å². The first-order valence-corrected chi connectivity index (χ1v) is 3.08. The fourth-order valence-electron chi connectivity index (χ4n) is 0.442. The number of thiol groups is 1. The molecule has 0 aromatic carbocycles. The molecule has 2 atom stereocenters. The largest absolute Gasteiger partial charge is 0.174 e. The molecule has 36 valence electrons. The lowest BCUT2D eigenvalue weighted by molar-refractivity contribution is 0.535. The van der Waals surface area contributed by atoms with Crippen molar-refractivity contribution in [2.45, 2.75) is 23.5 Å². The van der Waals surface area contributed by atoms with E-state index < -0.39 is 0 Å². The molecule has 2 heteroatoms. The van der Waals surface area contributed by atoms with Gasteiger partial charge >= 0.3 is 0 Å². The molecule has 0 nitrogen and oxygen atoms in total. The normalized spacial score (nSPS) is 45.0. The summed E-state index contributed by atoms with van der Waals surface area (Å²) >= 11 is 9.77. The fraction of sp³-hybridized carbons (Fsp3) is 1.00. The molecule has 1 rings (SSSR count). The van der Waals surface area contributed by atoms with Crippen LogP contribution in [-0.2, 0) is 0 Å². The van der Waals surface area contributed by atoms with E-state index in [1.54, 1.807) is 0 Å². The first kappa shape index (κ1) is 4.79. The number of halogens is 1. The maximum Gasteiger partial charge on any atom is 0.0452 e. The molecule has 0 bridgehead atoms. The van der Waals surface area contributed by atoms with Crippen molar-refractivity contribution in [1.82, 2.24) is 0 Å². The Morgan fingerprint density at radius 3 is 2.00 bits per heavy atom.